The van der Waals surface area contributed by atoms with Crippen molar-refractivity contribution < 1.29 is 14.3 Å². The van der Waals surface area contributed by atoms with Crippen molar-refractivity contribution in [3.05, 3.63) is 72.3 Å². The number of hydrogen-bond acceptors (Lipinski definition) is 3. The van der Waals surface area contributed by atoms with Crippen LogP contribution in [0.5, 0.6) is 5.75 Å². The van der Waals surface area contributed by atoms with Gasteiger partial charge in [-0.15, -0.1) is 0 Å². The van der Waals surface area contributed by atoms with Crippen molar-refractivity contribution in [2.75, 3.05) is 5.32 Å². The van der Waals surface area contributed by atoms with Crippen molar-refractivity contribution in [2.45, 2.75) is 31.9 Å². The van der Waals surface area contributed by atoms with Gasteiger partial charge in [0.05, 0.1) is 18.2 Å². The fourth-order valence-corrected chi connectivity index (χ4v) is 3.62. The molecular weight excluding hydrogens is 352 g/mol. The maximum atomic E-state index is 12.7. The van der Waals surface area contributed by atoms with Crippen LogP contribution in [-0.2, 0) is 9.59 Å². The Morgan fingerprint density at radius 3 is 2.64 bits per heavy atom. The molecule has 5 nitrogen and oxygen atoms in total. The Bertz CT molecular complexity index is 1060. The Kier molecular flexibility index (Phi) is 4.51. The van der Waals surface area contributed by atoms with Crippen LogP contribution in [0.2, 0.25) is 0 Å². The van der Waals surface area contributed by atoms with Gasteiger partial charge >= 0.3 is 0 Å². The SMILES string of the molecule is C[C@@H](NC(=O)CC1(C)Oc2ccccc2NC1=O)c1cccc2ccccc12. The zero-order valence-electron chi connectivity index (χ0n) is 15.9. The average Bonchev–Trinajstić information content (AvgIpc) is 2.68. The van der Waals surface area contributed by atoms with E-state index in [9.17, 15) is 9.59 Å². The molecule has 2 amide bonds. The first kappa shape index (κ1) is 18.0. The highest BCUT2D eigenvalue weighted by atomic mass is 16.5. The van der Waals surface area contributed by atoms with Crippen LogP contribution >= 0.6 is 0 Å². The molecule has 4 rings (SSSR count). The topological polar surface area (TPSA) is 67.4 Å². The average molecular weight is 374 g/mol. The maximum absolute atomic E-state index is 12.7. The monoisotopic (exact) mass is 374 g/mol. The summed E-state index contributed by atoms with van der Waals surface area (Å²) in [7, 11) is 0. The lowest BCUT2D eigenvalue weighted by atomic mass is 9.96. The van der Waals surface area contributed by atoms with Crippen LogP contribution in [0.3, 0.4) is 0 Å². The summed E-state index contributed by atoms with van der Waals surface area (Å²) in [6.45, 7) is 3.58. The summed E-state index contributed by atoms with van der Waals surface area (Å²) in [5, 5.41) is 8.05. The van der Waals surface area contributed by atoms with Crippen LogP contribution in [0.1, 0.15) is 31.9 Å². The van der Waals surface area contributed by atoms with Gasteiger partial charge in [0, 0.05) is 0 Å². The summed E-state index contributed by atoms with van der Waals surface area (Å²) in [6.07, 6.45) is -0.0672. The van der Waals surface area contributed by atoms with E-state index in [0.717, 1.165) is 16.3 Å². The third-order valence-corrected chi connectivity index (χ3v) is 5.12. The minimum atomic E-state index is -1.25. The summed E-state index contributed by atoms with van der Waals surface area (Å²) in [5.41, 5.74) is 0.405. The van der Waals surface area contributed by atoms with E-state index in [1.54, 1.807) is 19.1 Å². The number of para-hydroxylation sites is 2. The van der Waals surface area contributed by atoms with Crippen LogP contribution < -0.4 is 15.4 Å². The van der Waals surface area contributed by atoms with Gasteiger partial charge in [0.2, 0.25) is 5.91 Å². The molecule has 0 aliphatic carbocycles. The predicted octanol–water partition coefficient (Wildman–Crippen LogP) is 4.20. The van der Waals surface area contributed by atoms with E-state index < -0.39 is 5.60 Å². The highest BCUT2D eigenvalue weighted by Gasteiger charge is 2.42. The summed E-state index contributed by atoms with van der Waals surface area (Å²) >= 11 is 0. The number of hydrogen-bond donors (Lipinski definition) is 2. The third-order valence-electron chi connectivity index (χ3n) is 5.12. The van der Waals surface area contributed by atoms with Crippen LogP contribution in [0.25, 0.3) is 10.8 Å². The van der Waals surface area contributed by atoms with Gasteiger partial charge in [0.1, 0.15) is 5.75 Å². The Balaban J connectivity index is 1.50. The minimum absolute atomic E-state index is 0.0672. The first-order valence-electron chi connectivity index (χ1n) is 9.33. The Morgan fingerprint density at radius 2 is 1.79 bits per heavy atom. The lowest BCUT2D eigenvalue weighted by molar-refractivity contribution is -0.138. The number of benzene rings is 3. The van der Waals surface area contributed by atoms with Gasteiger partial charge in [0.15, 0.2) is 5.60 Å². The molecule has 1 unspecified atom stereocenters. The smallest absolute Gasteiger partial charge is 0.268 e. The number of amides is 2. The second-order valence-corrected chi connectivity index (χ2v) is 7.32. The van der Waals surface area contributed by atoms with Crippen molar-refractivity contribution in [2.24, 2.45) is 0 Å². The molecule has 5 heteroatoms. The van der Waals surface area contributed by atoms with Gasteiger partial charge in [-0.2, -0.15) is 0 Å². The molecule has 142 valence electrons. The van der Waals surface area contributed by atoms with Gasteiger partial charge in [-0.3, -0.25) is 9.59 Å². The van der Waals surface area contributed by atoms with Gasteiger partial charge in [-0.25, -0.2) is 0 Å². The molecule has 2 atom stereocenters. The molecular formula is C23H22N2O3. The molecule has 0 bridgehead atoms. The summed E-state index contributed by atoms with van der Waals surface area (Å²) in [4.78, 5) is 25.3. The van der Waals surface area contributed by atoms with E-state index in [0.29, 0.717) is 11.4 Å². The standard InChI is InChI=1S/C23H22N2O3/c1-15(17-11-7-9-16-8-3-4-10-18(16)17)24-21(26)14-23(2)22(27)25-19-12-5-6-13-20(19)28-23/h3-13,15H,14H2,1-2H3,(H,24,26)(H,25,27)/t15-,23?/m1/s1. The molecule has 0 radical (unpaired) electrons. The molecule has 1 heterocycles. The second kappa shape index (κ2) is 7.00. The molecule has 0 saturated carbocycles. The first-order chi connectivity index (χ1) is 13.5. The highest BCUT2D eigenvalue weighted by Crippen LogP contribution is 2.35. The Hall–Kier alpha value is -3.34. The number of ether oxygens (including phenoxy) is 1. The lowest BCUT2D eigenvalue weighted by Gasteiger charge is -2.34. The molecule has 0 spiro atoms. The number of rotatable bonds is 4. The van der Waals surface area contributed by atoms with Crippen LogP contribution in [0.15, 0.2) is 66.7 Å². The zero-order valence-corrected chi connectivity index (χ0v) is 15.9. The number of nitrogens with one attached hydrogen (secondary N) is 2. The number of fused-ring (bicyclic) bond motifs is 2. The van der Waals surface area contributed by atoms with Crippen molar-refractivity contribution in [1.82, 2.24) is 5.32 Å². The van der Waals surface area contributed by atoms with Gasteiger partial charge in [0.25, 0.3) is 5.91 Å². The van der Waals surface area contributed by atoms with Gasteiger partial charge in [-0.05, 0) is 42.3 Å². The van der Waals surface area contributed by atoms with E-state index in [1.165, 1.54) is 0 Å². The molecule has 1 aliphatic heterocycles. The molecule has 3 aromatic carbocycles. The van der Waals surface area contributed by atoms with Gasteiger partial charge < -0.3 is 15.4 Å². The number of anilines is 1. The summed E-state index contributed by atoms with van der Waals surface area (Å²) < 4.78 is 5.89. The summed E-state index contributed by atoms with van der Waals surface area (Å²) in [5.74, 6) is 0.0103. The highest BCUT2D eigenvalue weighted by molar-refractivity contribution is 6.02. The van der Waals surface area contributed by atoms with Crippen molar-refractivity contribution >= 4 is 28.3 Å². The normalized spacial score (nSPS) is 19.3. The molecule has 3 aromatic rings. The Labute approximate surface area is 163 Å². The fraction of sp³-hybridized carbons (Fsp3) is 0.217. The van der Waals surface area contributed by atoms with Crippen LogP contribution in [-0.4, -0.2) is 17.4 Å². The predicted molar refractivity (Wildman–Crippen MR) is 109 cm³/mol. The quantitative estimate of drug-likeness (QED) is 0.719. The van der Waals surface area contributed by atoms with Gasteiger partial charge in [-0.1, -0.05) is 54.6 Å². The molecule has 2 N–H and O–H groups in total. The van der Waals surface area contributed by atoms with E-state index in [-0.39, 0.29) is 24.3 Å². The van der Waals surface area contributed by atoms with E-state index in [1.807, 2.05) is 61.5 Å². The molecule has 28 heavy (non-hydrogen) atoms. The zero-order chi connectivity index (χ0) is 19.7. The second-order valence-electron chi connectivity index (χ2n) is 7.32. The Morgan fingerprint density at radius 1 is 1.07 bits per heavy atom. The van der Waals surface area contributed by atoms with Crippen molar-refractivity contribution in [3.8, 4) is 5.75 Å². The minimum Gasteiger partial charge on any atom is -0.475 e. The summed E-state index contributed by atoms with van der Waals surface area (Å²) in [6, 6.07) is 21.1. The van der Waals surface area contributed by atoms with E-state index in [4.69, 9.17) is 4.74 Å². The molecule has 0 saturated heterocycles. The maximum Gasteiger partial charge on any atom is 0.268 e. The lowest BCUT2D eigenvalue weighted by Crippen LogP contribution is -2.51. The van der Waals surface area contributed by atoms with Crippen molar-refractivity contribution in [1.29, 1.82) is 0 Å². The van der Waals surface area contributed by atoms with Crippen molar-refractivity contribution in [3.63, 3.8) is 0 Å². The van der Waals surface area contributed by atoms with E-state index >= 15 is 0 Å². The van der Waals surface area contributed by atoms with E-state index in [2.05, 4.69) is 10.6 Å². The third kappa shape index (κ3) is 3.31. The molecule has 1 aliphatic rings. The fourth-order valence-electron chi connectivity index (χ4n) is 3.62. The molecule has 0 fully saturated rings. The number of carbonyl (C=O) groups excluding carboxylic acids is 2. The first-order valence-corrected chi connectivity index (χ1v) is 9.33. The largest absolute Gasteiger partial charge is 0.475 e. The van der Waals surface area contributed by atoms with Crippen LogP contribution in [0, 0.1) is 0 Å². The van der Waals surface area contributed by atoms with Crippen LogP contribution in [0.4, 0.5) is 5.69 Å². The number of carbonyl (C=O) groups is 2. The molecule has 0 aromatic heterocycles.